The highest BCUT2D eigenvalue weighted by molar-refractivity contribution is 6.02. The van der Waals surface area contributed by atoms with Gasteiger partial charge in [-0.25, -0.2) is 0 Å². The van der Waals surface area contributed by atoms with Crippen LogP contribution in [0.2, 0.25) is 0 Å². The van der Waals surface area contributed by atoms with E-state index in [0.717, 1.165) is 37.1 Å². The molecule has 15 heavy (non-hydrogen) atoms. The van der Waals surface area contributed by atoms with Crippen LogP contribution in [-0.4, -0.2) is 18.8 Å². The van der Waals surface area contributed by atoms with Gasteiger partial charge in [0.1, 0.15) is 0 Å². The maximum absolute atomic E-state index is 5.49. The Kier molecular flexibility index (Phi) is 8.50. The standard InChI is InChI=1S/C12H21N3/c1-3-9-15-11(2)12(10-14)7-5-4-6-8-13/h10H,3-4,6,8-9,13-14H2,1-2H3/b12-10-,15-11?. The molecule has 84 valence electrons. The maximum atomic E-state index is 5.49. The number of allylic oxidation sites excluding steroid dienone is 1. The van der Waals surface area contributed by atoms with Crippen molar-refractivity contribution >= 4 is 5.71 Å². The molecule has 0 unspecified atom stereocenters. The van der Waals surface area contributed by atoms with Gasteiger partial charge in [-0.3, -0.25) is 4.99 Å². The van der Waals surface area contributed by atoms with Gasteiger partial charge in [0, 0.05) is 24.9 Å². The highest BCUT2D eigenvalue weighted by Gasteiger charge is 1.95. The minimum Gasteiger partial charge on any atom is -0.404 e. The second-order valence-electron chi connectivity index (χ2n) is 3.24. The first-order chi connectivity index (χ1) is 7.26. The van der Waals surface area contributed by atoms with Crippen molar-refractivity contribution in [3.8, 4) is 11.8 Å². The average Bonchev–Trinajstić information content (AvgIpc) is 2.26. The van der Waals surface area contributed by atoms with Crippen molar-refractivity contribution in [3.63, 3.8) is 0 Å². The van der Waals surface area contributed by atoms with Crippen LogP contribution in [0.15, 0.2) is 16.8 Å². The summed E-state index contributed by atoms with van der Waals surface area (Å²) in [6.07, 6.45) is 4.30. The van der Waals surface area contributed by atoms with Crippen LogP contribution in [0.4, 0.5) is 0 Å². The summed E-state index contributed by atoms with van der Waals surface area (Å²) in [5, 5.41) is 0. The summed E-state index contributed by atoms with van der Waals surface area (Å²) < 4.78 is 0. The predicted octanol–water partition coefficient (Wildman–Crippen LogP) is 1.44. The molecule has 0 heterocycles. The summed E-state index contributed by atoms with van der Waals surface area (Å²) in [7, 11) is 0. The molecule has 0 saturated carbocycles. The summed E-state index contributed by atoms with van der Waals surface area (Å²) in [6, 6.07) is 0. The fourth-order valence-corrected chi connectivity index (χ4v) is 0.966. The van der Waals surface area contributed by atoms with E-state index in [9.17, 15) is 0 Å². The summed E-state index contributed by atoms with van der Waals surface area (Å²) in [5.74, 6) is 6.05. The average molecular weight is 207 g/mol. The van der Waals surface area contributed by atoms with Crippen LogP contribution < -0.4 is 11.5 Å². The smallest absolute Gasteiger partial charge is 0.0607 e. The van der Waals surface area contributed by atoms with Crippen LogP contribution in [0, 0.1) is 11.8 Å². The number of hydrogen-bond donors (Lipinski definition) is 2. The molecule has 0 spiro atoms. The van der Waals surface area contributed by atoms with Gasteiger partial charge in [-0.2, -0.15) is 0 Å². The second kappa shape index (κ2) is 9.29. The van der Waals surface area contributed by atoms with Gasteiger partial charge >= 0.3 is 0 Å². The van der Waals surface area contributed by atoms with E-state index in [1.165, 1.54) is 6.20 Å². The van der Waals surface area contributed by atoms with Crippen LogP contribution in [0.25, 0.3) is 0 Å². The third-order valence-electron chi connectivity index (χ3n) is 1.86. The molecule has 0 radical (unpaired) electrons. The lowest BCUT2D eigenvalue weighted by atomic mass is 10.2. The molecule has 0 rings (SSSR count). The lowest BCUT2D eigenvalue weighted by Gasteiger charge is -1.97. The third-order valence-corrected chi connectivity index (χ3v) is 1.86. The number of hydrogen-bond acceptors (Lipinski definition) is 3. The molecule has 3 heteroatoms. The molecule has 3 nitrogen and oxygen atoms in total. The molecule has 4 N–H and O–H groups in total. The third kappa shape index (κ3) is 6.75. The Balaban J connectivity index is 4.29. The van der Waals surface area contributed by atoms with Crippen LogP contribution in [-0.2, 0) is 0 Å². The van der Waals surface area contributed by atoms with E-state index >= 15 is 0 Å². The van der Waals surface area contributed by atoms with Gasteiger partial charge in [0.25, 0.3) is 0 Å². The number of nitrogens with two attached hydrogens (primary N) is 2. The van der Waals surface area contributed by atoms with Gasteiger partial charge in [0.2, 0.25) is 0 Å². The molecule has 0 saturated heterocycles. The molecule has 0 aliphatic heterocycles. The van der Waals surface area contributed by atoms with Crippen molar-refractivity contribution in [1.29, 1.82) is 0 Å². The van der Waals surface area contributed by atoms with E-state index in [0.29, 0.717) is 6.54 Å². The van der Waals surface area contributed by atoms with Crippen molar-refractivity contribution in [2.75, 3.05) is 13.1 Å². The normalized spacial score (nSPS) is 12.2. The minimum atomic E-state index is 0.680. The Morgan fingerprint density at radius 1 is 1.47 bits per heavy atom. The lowest BCUT2D eigenvalue weighted by Crippen LogP contribution is -2.00. The van der Waals surface area contributed by atoms with Crippen LogP contribution >= 0.6 is 0 Å². The number of aliphatic imine (C=N–C) groups is 1. The number of unbranched alkanes of at least 4 members (excludes halogenated alkanes) is 1. The molecule has 0 aromatic carbocycles. The summed E-state index contributed by atoms with van der Waals surface area (Å²) in [5.41, 5.74) is 12.6. The van der Waals surface area contributed by atoms with Gasteiger partial charge < -0.3 is 11.5 Å². The Labute approximate surface area is 92.6 Å². The van der Waals surface area contributed by atoms with Crippen LogP contribution in [0.1, 0.15) is 33.1 Å². The van der Waals surface area contributed by atoms with Gasteiger partial charge in [0.15, 0.2) is 0 Å². The van der Waals surface area contributed by atoms with E-state index < -0.39 is 0 Å². The summed E-state index contributed by atoms with van der Waals surface area (Å²) >= 11 is 0. The molecule has 0 amide bonds. The summed E-state index contributed by atoms with van der Waals surface area (Å²) in [4.78, 5) is 4.35. The molecular formula is C12H21N3. The first-order valence-corrected chi connectivity index (χ1v) is 5.38. The van der Waals surface area contributed by atoms with E-state index in [-0.39, 0.29) is 0 Å². The molecule has 0 atom stereocenters. The van der Waals surface area contributed by atoms with E-state index in [1.54, 1.807) is 0 Å². The zero-order chi connectivity index (χ0) is 11.5. The first-order valence-electron chi connectivity index (χ1n) is 5.38. The fourth-order valence-electron chi connectivity index (χ4n) is 0.966. The van der Waals surface area contributed by atoms with Gasteiger partial charge in [-0.05, 0) is 26.3 Å². The van der Waals surface area contributed by atoms with Crippen molar-refractivity contribution in [3.05, 3.63) is 11.8 Å². The molecule has 0 aromatic heterocycles. The molecule has 0 fully saturated rings. The zero-order valence-corrected chi connectivity index (χ0v) is 9.71. The van der Waals surface area contributed by atoms with Crippen LogP contribution in [0.5, 0.6) is 0 Å². The Morgan fingerprint density at radius 3 is 2.73 bits per heavy atom. The zero-order valence-electron chi connectivity index (χ0n) is 9.71. The van der Waals surface area contributed by atoms with Crippen molar-refractivity contribution in [2.45, 2.75) is 33.1 Å². The molecule has 0 aliphatic rings. The van der Waals surface area contributed by atoms with Gasteiger partial charge in [0.05, 0.1) is 5.57 Å². The Hall–Kier alpha value is -1.27. The number of rotatable bonds is 5. The highest BCUT2D eigenvalue weighted by Crippen LogP contribution is 1.96. The second-order valence-corrected chi connectivity index (χ2v) is 3.24. The summed E-state index contributed by atoms with van der Waals surface area (Å²) in [6.45, 7) is 5.54. The van der Waals surface area contributed by atoms with Crippen molar-refractivity contribution < 1.29 is 0 Å². The molecular weight excluding hydrogens is 186 g/mol. The van der Waals surface area contributed by atoms with Gasteiger partial charge in [-0.1, -0.05) is 18.8 Å². The van der Waals surface area contributed by atoms with E-state index in [2.05, 4.69) is 23.8 Å². The van der Waals surface area contributed by atoms with Gasteiger partial charge in [-0.15, -0.1) is 0 Å². The largest absolute Gasteiger partial charge is 0.404 e. The van der Waals surface area contributed by atoms with Crippen molar-refractivity contribution in [2.24, 2.45) is 16.5 Å². The van der Waals surface area contributed by atoms with E-state index in [1.807, 2.05) is 6.92 Å². The maximum Gasteiger partial charge on any atom is 0.0607 e. The molecule has 0 bridgehead atoms. The SMILES string of the molecule is CCCN=C(C)/C(C#CCCCN)=C\N. The topological polar surface area (TPSA) is 64.4 Å². The first kappa shape index (κ1) is 13.7. The quantitative estimate of drug-likeness (QED) is 0.407. The van der Waals surface area contributed by atoms with Crippen molar-refractivity contribution in [1.82, 2.24) is 0 Å². The molecule has 0 aromatic rings. The monoisotopic (exact) mass is 207 g/mol. The lowest BCUT2D eigenvalue weighted by molar-refractivity contribution is 0.870. The van der Waals surface area contributed by atoms with Crippen LogP contribution in [0.3, 0.4) is 0 Å². The highest BCUT2D eigenvalue weighted by atomic mass is 14.7. The Morgan fingerprint density at radius 2 is 2.20 bits per heavy atom. The predicted molar refractivity (Wildman–Crippen MR) is 66.6 cm³/mol. The fraction of sp³-hybridized carbons (Fsp3) is 0.583. The number of nitrogens with zero attached hydrogens (tertiary/aromatic N) is 1. The minimum absolute atomic E-state index is 0.680. The molecule has 0 aliphatic carbocycles. The Bertz CT molecular complexity index is 279. The van der Waals surface area contributed by atoms with E-state index in [4.69, 9.17) is 11.5 Å².